The van der Waals surface area contributed by atoms with Crippen LogP contribution in [0.5, 0.6) is 0 Å². The van der Waals surface area contributed by atoms with Crippen molar-refractivity contribution < 1.29 is 14.4 Å². The summed E-state index contributed by atoms with van der Waals surface area (Å²) in [4.78, 5) is 6.25. The van der Waals surface area contributed by atoms with Gasteiger partial charge in [0, 0.05) is 27.6 Å². The van der Waals surface area contributed by atoms with Crippen LogP contribution in [0.1, 0.15) is 24.4 Å². The summed E-state index contributed by atoms with van der Waals surface area (Å²) in [5, 5.41) is 0.767. The molecular formula is C10H12ClI6N2V2. The monoisotopic (exact) mass is 1060 g/mol. The summed E-state index contributed by atoms with van der Waals surface area (Å²) in [5.41, 5.74) is 1.28. The van der Waals surface area contributed by atoms with Gasteiger partial charge in [0.2, 0.25) is 0 Å². The molecule has 0 saturated carbocycles. The predicted octanol–water partition coefficient (Wildman–Crippen LogP) is 7.53. The molecule has 121 valence electrons. The fraction of sp³-hybridized carbons (Fsp3) is 0.500. The average Bonchev–Trinajstić information content (AvgIpc) is 2.79. The molecule has 0 radical (unpaired) electrons. The Morgan fingerprint density at radius 1 is 1.33 bits per heavy atom. The molecule has 0 bridgehead atoms. The van der Waals surface area contributed by atoms with E-state index < -0.39 is 0 Å². The SMILES string of the molecule is CN1CCC[C@H]1c1cncc(Cl)c1I.[I][V]([I])[I].[I][V][I]. The van der Waals surface area contributed by atoms with E-state index in [1.54, 1.807) is 6.20 Å². The molecule has 0 aliphatic carbocycles. The second-order valence-corrected chi connectivity index (χ2v) is 52.6. The second-order valence-electron chi connectivity index (χ2n) is 3.92. The summed E-state index contributed by atoms with van der Waals surface area (Å²) in [6.07, 6.45) is 6.14. The van der Waals surface area contributed by atoms with Crippen LogP contribution in [0.25, 0.3) is 0 Å². The van der Waals surface area contributed by atoms with Gasteiger partial charge in [-0.05, 0) is 49.0 Å². The Bertz CT molecular complexity index is 412. The molecule has 1 aromatic rings. The number of hydrogen-bond donors (Lipinski definition) is 0. The van der Waals surface area contributed by atoms with Crippen LogP contribution in [0, 0.1) is 3.57 Å². The number of halogens is 7. The summed E-state index contributed by atoms with van der Waals surface area (Å²) in [7, 11) is 2.79. The topological polar surface area (TPSA) is 16.1 Å². The molecule has 0 aromatic carbocycles. The maximum absolute atomic E-state index is 6.05. The molecule has 1 aliphatic rings. The van der Waals surface area contributed by atoms with E-state index >= 15 is 0 Å². The van der Waals surface area contributed by atoms with E-state index in [1.165, 1.54) is 24.9 Å². The summed E-state index contributed by atoms with van der Waals surface area (Å²) >= 11 is 20.5. The van der Waals surface area contributed by atoms with E-state index in [4.69, 9.17) is 11.6 Å². The van der Waals surface area contributed by atoms with E-state index in [9.17, 15) is 0 Å². The Balaban J connectivity index is 0.000000486. The van der Waals surface area contributed by atoms with E-state index in [2.05, 4.69) is 139 Å². The van der Waals surface area contributed by atoms with Crippen LogP contribution in [0.15, 0.2) is 12.4 Å². The van der Waals surface area contributed by atoms with Crippen molar-refractivity contribution in [2.45, 2.75) is 18.9 Å². The second kappa shape index (κ2) is 16.0. The van der Waals surface area contributed by atoms with Crippen LogP contribution in [-0.2, 0) is 14.4 Å². The Hall–Kier alpha value is 4.95. The van der Waals surface area contributed by atoms with Crippen molar-refractivity contribution >= 4 is 134 Å². The summed E-state index contributed by atoms with van der Waals surface area (Å²) in [6.45, 7) is 1.17. The molecule has 2 rings (SSSR count). The van der Waals surface area contributed by atoms with Gasteiger partial charge in [-0.2, -0.15) is 0 Å². The molecule has 21 heavy (non-hydrogen) atoms. The molecule has 1 aliphatic heterocycles. The Kier molecular flexibility index (Phi) is 19.7. The molecule has 11 heteroatoms. The first-order valence-electron chi connectivity index (χ1n) is 5.54. The van der Waals surface area contributed by atoms with Crippen LogP contribution in [0.4, 0.5) is 0 Å². The first-order valence-corrected chi connectivity index (χ1v) is 29.5. The van der Waals surface area contributed by atoms with Gasteiger partial charge in [-0.1, -0.05) is 11.6 Å². The third-order valence-electron chi connectivity index (χ3n) is 2.74. The number of aromatic nitrogens is 1. The first kappa shape index (κ1) is 25.9. The molecule has 0 amide bonds. The van der Waals surface area contributed by atoms with Crippen LogP contribution in [0.3, 0.4) is 0 Å². The van der Waals surface area contributed by atoms with Crippen molar-refractivity contribution in [3.8, 4) is 0 Å². The van der Waals surface area contributed by atoms with Crippen molar-refractivity contribution in [2.75, 3.05) is 13.6 Å². The van der Waals surface area contributed by atoms with Gasteiger partial charge in [0.25, 0.3) is 0 Å². The number of rotatable bonds is 1. The van der Waals surface area contributed by atoms with Gasteiger partial charge < -0.3 is 0 Å². The fourth-order valence-electron chi connectivity index (χ4n) is 1.97. The minimum atomic E-state index is -0.278. The Morgan fingerprint density at radius 2 is 1.86 bits per heavy atom. The van der Waals surface area contributed by atoms with Crippen LogP contribution in [0.2, 0.25) is 5.02 Å². The molecule has 0 spiro atoms. The molecule has 2 nitrogen and oxygen atoms in total. The van der Waals surface area contributed by atoms with Gasteiger partial charge in [-0.3, -0.25) is 9.88 Å². The van der Waals surface area contributed by atoms with Crippen molar-refractivity contribution in [1.29, 1.82) is 0 Å². The Labute approximate surface area is 212 Å². The van der Waals surface area contributed by atoms with E-state index in [0.717, 1.165) is 8.59 Å². The zero-order valence-corrected chi connectivity index (χ0v) is 27.3. The Morgan fingerprint density at radius 3 is 2.29 bits per heavy atom. The molecular weight excluding hydrogens is 1050 g/mol. The average molecular weight is 1060 g/mol. The molecule has 0 unspecified atom stereocenters. The van der Waals surface area contributed by atoms with Gasteiger partial charge >= 0.3 is 114 Å². The standard InChI is InChI=1S/C10H12ClIN2.5HI.2V/c1-14-4-2-3-9(14)7-5-13-6-8(11)10(7)12;;;;;;;/h5-6,9H,2-4H2,1H3;5*1H;;/q;;;;;;+2;+3/p-5/t9-;;;;;;;/m0......./s1. The van der Waals surface area contributed by atoms with Crippen LogP contribution < -0.4 is 0 Å². The third-order valence-corrected chi connectivity index (χ3v) is 4.55. The van der Waals surface area contributed by atoms with Gasteiger partial charge in [-0.15, -0.1) is 0 Å². The molecule has 1 aromatic heterocycles. The van der Waals surface area contributed by atoms with Crippen molar-refractivity contribution in [2.24, 2.45) is 0 Å². The van der Waals surface area contributed by atoms with Gasteiger partial charge in [0.05, 0.1) is 5.02 Å². The zero-order valence-electron chi connectivity index (χ0n) is 10.8. The maximum atomic E-state index is 6.05. The van der Waals surface area contributed by atoms with Gasteiger partial charge in [0.15, 0.2) is 0 Å². The summed E-state index contributed by atoms with van der Waals surface area (Å²) < 4.78 is 1.15. The third kappa shape index (κ3) is 12.1. The normalized spacial score (nSPS) is 17.7. The molecule has 1 fully saturated rings. The summed E-state index contributed by atoms with van der Waals surface area (Å²) in [5.74, 6) is 0. The molecule has 1 atom stereocenters. The number of hydrogen-bond acceptors (Lipinski definition) is 2. The van der Waals surface area contributed by atoms with E-state index in [1.807, 2.05) is 6.20 Å². The quantitative estimate of drug-likeness (QED) is 0.271. The van der Waals surface area contributed by atoms with Crippen LogP contribution in [-0.4, -0.2) is 23.5 Å². The predicted molar refractivity (Wildman–Crippen MR) is 137 cm³/mol. The van der Waals surface area contributed by atoms with E-state index in [0.29, 0.717) is 15.5 Å². The molecule has 2 heterocycles. The van der Waals surface area contributed by atoms with Crippen molar-refractivity contribution in [3.63, 3.8) is 0 Å². The van der Waals surface area contributed by atoms with Crippen molar-refractivity contribution in [3.05, 3.63) is 26.5 Å². The van der Waals surface area contributed by atoms with E-state index in [-0.39, 0.29) is 4.92 Å². The van der Waals surface area contributed by atoms with Crippen LogP contribution >= 0.6 is 134 Å². The number of nitrogens with zero attached hydrogens (tertiary/aromatic N) is 2. The van der Waals surface area contributed by atoms with Gasteiger partial charge in [-0.25, -0.2) is 0 Å². The molecule has 0 N–H and O–H groups in total. The number of likely N-dealkylation sites (tertiary alicyclic amines) is 1. The fourth-order valence-corrected chi connectivity index (χ4v) is 2.77. The molecule has 1 saturated heterocycles. The number of pyridine rings is 1. The van der Waals surface area contributed by atoms with Crippen molar-refractivity contribution in [1.82, 2.24) is 9.88 Å². The summed E-state index contributed by atoms with van der Waals surface area (Å²) in [6, 6.07) is 0.507. The zero-order chi connectivity index (χ0) is 16.4. The first-order chi connectivity index (χ1) is 9.84. The minimum absolute atomic E-state index is 0.278. The van der Waals surface area contributed by atoms with Gasteiger partial charge in [0.1, 0.15) is 0 Å².